The molecule has 1 aliphatic heterocycles. The van der Waals surface area contributed by atoms with Crippen molar-refractivity contribution in [2.45, 2.75) is 0 Å². The van der Waals surface area contributed by atoms with Gasteiger partial charge in [-0.05, 0) is 40.2 Å². The average Bonchev–Trinajstić information content (AvgIpc) is 2.41. The normalized spacial score (nSPS) is 13.2. The van der Waals surface area contributed by atoms with Gasteiger partial charge in [0.05, 0.1) is 0 Å². The molecule has 4 nitrogen and oxygen atoms in total. The van der Waals surface area contributed by atoms with E-state index in [-0.39, 0.29) is 0 Å². The van der Waals surface area contributed by atoms with Gasteiger partial charge in [-0.3, -0.25) is 0 Å². The minimum atomic E-state index is 0.590. The van der Waals surface area contributed by atoms with Gasteiger partial charge >= 0.3 is 0 Å². The highest BCUT2D eigenvalue weighted by Gasteiger charge is 2.11. The quantitative estimate of drug-likeness (QED) is 0.924. The molecule has 1 N–H and O–H groups in total. The van der Waals surface area contributed by atoms with Crippen LogP contribution < -0.4 is 14.8 Å². The fourth-order valence-corrected chi connectivity index (χ4v) is 1.95. The van der Waals surface area contributed by atoms with Crippen LogP contribution in [0.3, 0.4) is 0 Å². The molecule has 0 amide bonds. The van der Waals surface area contributed by atoms with Crippen LogP contribution in [0.1, 0.15) is 0 Å². The van der Waals surface area contributed by atoms with E-state index in [1.807, 2.05) is 30.3 Å². The van der Waals surface area contributed by atoms with Crippen LogP contribution in [0.15, 0.2) is 41.0 Å². The third-order valence-electron chi connectivity index (χ3n) is 2.54. The number of halogens is 1. The molecule has 1 aromatic heterocycles. The van der Waals surface area contributed by atoms with E-state index in [0.717, 1.165) is 27.5 Å². The van der Waals surface area contributed by atoms with E-state index < -0.39 is 0 Å². The number of anilines is 2. The van der Waals surface area contributed by atoms with Crippen LogP contribution in [-0.4, -0.2) is 18.2 Å². The van der Waals surface area contributed by atoms with Gasteiger partial charge in [-0.2, -0.15) is 0 Å². The molecule has 92 valence electrons. The topological polar surface area (TPSA) is 43.4 Å². The van der Waals surface area contributed by atoms with E-state index in [9.17, 15) is 0 Å². The summed E-state index contributed by atoms with van der Waals surface area (Å²) in [5.74, 6) is 2.34. The summed E-state index contributed by atoms with van der Waals surface area (Å²) in [6.45, 7) is 1.20. The Kier molecular flexibility index (Phi) is 3.06. The SMILES string of the molecule is Brc1ccc(Nc2ccc3c(c2)OCCO3)nc1. The molecule has 0 spiro atoms. The molecule has 0 saturated carbocycles. The molecule has 1 aliphatic rings. The van der Waals surface area contributed by atoms with Crippen molar-refractivity contribution < 1.29 is 9.47 Å². The summed E-state index contributed by atoms with van der Waals surface area (Å²) >= 11 is 3.35. The molecule has 0 saturated heterocycles. The Labute approximate surface area is 113 Å². The number of pyridine rings is 1. The van der Waals surface area contributed by atoms with Gasteiger partial charge in [-0.15, -0.1) is 0 Å². The lowest BCUT2D eigenvalue weighted by Gasteiger charge is -2.19. The number of ether oxygens (including phenoxy) is 2. The maximum absolute atomic E-state index is 5.53. The van der Waals surface area contributed by atoms with Crippen molar-refractivity contribution in [3.05, 3.63) is 41.0 Å². The zero-order valence-corrected chi connectivity index (χ0v) is 11.1. The number of aromatic nitrogens is 1. The lowest BCUT2D eigenvalue weighted by Crippen LogP contribution is -2.15. The van der Waals surface area contributed by atoms with Gasteiger partial charge in [0.1, 0.15) is 19.0 Å². The van der Waals surface area contributed by atoms with Crippen molar-refractivity contribution >= 4 is 27.4 Å². The third-order valence-corrected chi connectivity index (χ3v) is 3.01. The lowest BCUT2D eigenvalue weighted by atomic mass is 10.2. The highest BCUT2D eigenvalue weighted by molar-refractivity contribution is 9.10. The van der Waals surface area contributed by atoms with Gasteiger partial charge in [-0.1, -0.05) is 0 Å². The molecule has 3 rings (SSSR count). The molecule has 18 heavy (non-hydrogen) atoms. The fourth-order valence-electron chi connectivity index (χ4n) is 1.72. The number of hydrogen-bond donors (Lipinski definition) is 1. The maximum atomic E-state index is 5.53. The Hall–Kier alpha value is -1.75. The first-order valence-corrected chi connectivity index (χ1v) is 6.39. The summed E-state index contributed by atoms with van der Waals surface area (Å²) in [4.78, 5) is 4.26. The number of nitrogens with one attached hydrogen (secondary N) is 1. The second-order valence-electron chi connectivity index (χ2n) is 3.85. The summed E-state index contributed by atoms with van der Waals surface area (Å²) in [5.41, 5.74) is 0.925. The molecule has 2 heterocycles. The molecule has 0 radical (unpaired) electrons. The maximum Gasteiger partial charge on any atom is 0.163 e. The number of benzene rings is 1. The van der Waals surface area contributed by atoms with Crippen LogP contribution >= 0.6 is 15.9 Å². The second kappa shape index (κ2) is 4.86. The number of rotatable bonds is 2. The summed E-state index contributed by atoms with van der Waals surface area (Å²) in [6, 6.07) is 9.60. The molecule has 0 aliphatic carbocycles. The van der Waals surface area contributed by atoms with Crippen molar-refractivity contribution in [1.29, 1.82) is 0 Å². The lowest BCUT2D eigenvalue weighted by molar-refractivity contribution is 0.171. The van der Waals surface area contributed by atoms with Crippen LogP contribution in [0.2, 0.25) is 0 Å². The number of nitrogens with zero attached hydrogens (tertiary/aromatic N) is 1. The van der Waals surface area contributed by atoms with Crippen LogP contribution in [0.5, 0.6) is 11.5 Å². The first-order valence-electron chi connectivity index (χ1n) is 5.59. The van der Waals surface area contributed by atoms with E-state index in [4.69, 9.17) is 9.47 Å². The van der Waals surface area contributed by atoms with Gasteiger partial charge in [0.15, 0.2) is 11.5 Å². The van der Waals surface area contributed by atoms with E-state index in [1.54, 1.807) is 6.20 Å². The van der Waals surface area contributed by atoms with Crippen molar-refractivity contribution in [2.24, 2.45) is 0 Å². The average molecular weight is 307 g/mol. The van der Waals surface area contributed by atoms with E-state index in [2.05, 4.69) is 26.2 Å². The van der Waals surface area contributed by atoms with E-state index in [1.165, 1.54) is 0 Å². The molecule has 1 aromatic carbocycles. The molecule has 5 heteroatoms. The van der Waals surface area contributed by atoms with Gasteiger partial charge in [0, 0.05) is 22.4 Å². The summed E-state index contributed by atoms with van der Waals surface area (Å²) < 4.78 is 12.0. The van der Waals surface area contributed by atoms with Crippen molar-refractivity contribution in [2.75, 3.05) is 18.5 Å². The van der Waals surface area contributed by atoms with Crippen molar-refractivity contribution in [1.82, 2.24) is 4.98 Å². The predicted octanol–water partition coefficient (Wildman–Crippen LogP) is 3.36. The monoisotopic (exact) mass is 306 g/mol. The highest BCUT2D eigenvalue weighted by atomic mass is 79.9. The van der Waals surface area contributed by atoms with E-state index in [0.29, 0.717) is 13.2 Å². The molecule has 2 aromatic rings. The van der Waals surface area contributed by atoms with Gasteiger partial charge in [0.2, 0.25) is 0 Å². The van der Waals surface area contributed by atoms with Crippen LogP contribution in [0.25, 0.3) is 0 Å². The molecular weight excluding hydrogens is 296 g/mol. The van der Waals surface area contributed by atoms with Crippen LogP contribution in [-0.2, 0) is 0 Å². The second-order valence-corrected chi connectivity index (χ2v) is 4.76. The zero-order valence-electron chi connectivity index (χ0n) is 9.52. The minimum absolute atomic E-state index is 0.590. The van der Waals surface area contributed by atoms with Crippen molar-refractivity contribution in [3.8, 4) is 11.5 Å². The first-order chi connectivity index (χ1) is 8.81. The van der Waals surface area contributed by atoms with Gasteiger partial charge in [-0.25, -0.2) is 4.98 Å². The first kappa shape index (κ1) is 11.3. The third kappa shape index (κ3) is 2.41. The Morgan fingerprint density at radius 1 is 1.06 bits per heavy atom. The Morgan fingerprint density at radius 3 is 2.67 bits per heavy atom. The smallest absolute Gasteiger partial charge is 0.163 e. The summed E-state index contributed by atoms with van der Waals surface area (Å²) in [7, 11) is 0. The largest absolute Gasteiger partial charge is 0.486 e. The standard InChI is InChI=1S/C13H11BrN2O2/c14-9-1-4-13(15-8-9)16-10-2-3-11-12(7-10)18-6-5-17-11/h1-4,7-8H,5-6H2,(H,15,16). The van der Waals surface area contributed by atoms with Crippen LogP contribution in [0, 0.1) is 0 Å². The predicted molar refractivity (Wildman–Crippen MR) is 72.7 cm³/mol. The fraction of sp³-hybridized carbons (Fsp3) is 0.154. The zero-order chi connectivity index (χ0) is 12.4. The summed E-state index contributed by atoms with van der Waals surface area (Å²) in [6.07, 6.45) is 1.75. The molecule has 0 bridgehead atoms. The highest BCUT2D eigenvalue weighted by Crippen LogP contribution is 2.33. The van der Waals surface area contributed by atoms with Gasteiger partial charge < -0.3 is 14.8 Å². The molecular formula is C13H11BrN2O2. The number of fused-ring (bicyclic) bond motifs is 1. The summed E-state index contributed by atoms with van der Waals surface area (Å²) in [5, 5.41) is 3.21. The van der Waals surface area contributed by atoms with Crippen molar-refractivity contribution in [3.63, 3.8) is 0 Å². The minimum Gasteiger partial charge on any atom is -0.486 e. The number of hydrogen-bond acceptors (Lipinski definition) is 4. The molecule has 0 unspecified atom stereocenters. The molecule has 0 fully saturated rings. The van der Waals surface area contributed by atoms with Gasteiger partial charge in [0.25, 0.3) is 0 Å². The molecule has 0 atom stereocenters. The Bertz CT molecular complexity index is 557. The Balaban J connectivity index is 1.82. The van der Waals surface area contributed by atoms with Crippen LogP contribution in [0.4, 0.5) is 11.5 Å². The van der Waals surface area contributed by atoms with E-state index >= 15 is 0 Å². The Morgan fingerprint density at radius 2 is 1.89 bits per heavy atom.